The summed E-state index contributed by atoms with van der Waals surface area (Å²) >= 11 is 1.25. The molecule has 2 aromatic heterocycles. The molecule has 0 spiro atoms. The molecule has 0 saturated carbocycles. The Balaban J connectivity index is 1.56. The second-order valence-corrected chi connectivity index (χ2v) is 7.78. The number of benzene rings is 2. The minimum absolute atomic E-state index is 0.138. The van der Waals surface area contributed by atoms with E-state index in [1.807, 2.05) is 42.5 Å². The standard InChI is InChI=1S/C24H21N5O2S/c1-3-29(4-2)18-11-9-17(10-12-18)27-28-20(14-25)23-26-21(15-32-23)19-13-16-7-5-6-8-22(16)31-24(19)30/h5-13,15,27H,3-4H2,1-2H3/b28-20-. The van der Waals surface area contributed by atoms with Crippen LogP contribution >= 0.6 is 11.3 Å². The molecule has 32 heavy (non-hydrogen) atoms. The zero-order chi connectivity index (χ0) is 22.5. The molecule has 2 aromatic carbocycles. The van der Waals surface area contributed by atoms with Crippen LogP contribution in [0.3, 0.4) is 0 Å². The summed E-state index contributed by atoms with van der Waals surface area (Å²) in [6.45, 7) is 6.09. The van der Waals surface area contributed by atoms with Crippen LogP contribution in [0.1, 0.15) is 18.9 Å². The molecule has 0 aliphatic heterocycles. The van der Waals surface area contributed by atoms with Crippen LogP contribution in [0.2, 0.25) is 0 Å². The summed E-state index contributed by atoms with van der Waals surface area (Å²) in [6, 6.07) is 19.0. The first-order valence-corrected chi connectivity index (χ1v) is 11.1. The van der Waals surface area contributed by atoms with Gasteiger partial charge < -0.3 is 9.32 Å². The molecule has 0 fully saturated rings. The molecule has 0 unspecified atom stereocenters. The van der Waals surface area contributed by atoms with Gasteiger partial charge in [-0.25, -0.2) is 9.78 Å². The Morgan fingerprint density at radius 1 is 1.19 bits per heavy atom. The van der Waals surface area contributed by atoms with Crippen LogP contribution in [0.25, 0.3) is 22.2 Å². The quantitative estimate of drug-likeness (QED) is 0.242. The van der Waals surface area contributed by atoms with E-state index in [1.165, 1.54) is 11.3 Å². The van der Waals surface area contributed by atoms with Crippen LogP contribution in [0.4, 0.5) is 11.4 Å². The fourth-order valence-corrected chi connectivity index (χ4v) is 4.08. The number of thiazole rings is 1. The molecule has 1 N–H and O–H groups in total. The molecule has 160 valence electrons. The number of hydrazone groups is 1. The van der Waals surface area contributed by atoms with Gasteiger partial charge in [-0.05, 0) is 50.2 Å². The Kier molecular flexibility index (Phi) is 6.29. The lowest BCUT2D eigenvalue weighted by molar-refractivity contribution is 0.563. The monoisotopic (exact) mass is 443 g/mol. The third-order valence-corrected chi connectivity index (χ3v) is 5.87. The van der Waals surface area contributed by atoms with Crippen molar-refractivity contribution in [3.63, 3.8) is 0 Å². The van der Waals surface area contributed by atoms with Gasteiger partial charge >= 0.3 is 5.63 Å². The molecule has 7 nitrogen and oxygen atoms in total. The molecule has 0 aliphatic rings. The number of anilines is 2. The van der Waals surface area contributed by atoms with Crippen LogP contribution in [0.15, 0.2) is 74.3 Å². The Hall–Kier alpha value is -3.96. The smallest absolute Gasteiger partial charge is 0.345 e. The highest BCUT2D eigenvalue weighted by atomic mass is 32.1. The van der Waals surface area contributed by atoms with Gasteiger partial charge in [0.05, 0.1) is 16.9 Å². The van der Waals surface area contributed by atoms with Crippen LogP contribution in [0.5, 0.6) is 0 Å². The first kappa shape index (κ1) is 21.3. The predicted molar refractivity (Wildman–Crippen MR) is 129 cm³/mol. The van der Waals surface area contributed by atoms with Gasteiger partial charge in [-0.3, -0.25) is 5.43 Å². The van der Waals surface area contributed by atoms with Crippen molar-refractivity contribution in [3.05, 3.63) is 75.4 Å². The minimum Gasteiger partial charge on any atom is -0.422 e. The first-order valence-electron chi connectivity index (χ1n) is 10.2. The molecule has 2 heterocycles. The van der Waals surface area contributed by atoms with Crippen LogP contribution in [-0.4, -0.2) is 23.8 Å². The highest BCUT2D eigenvalue weighted by Gasteiger charge is 2.14. The first-order chi connectivity index (χ1) is 15.6. The van der Waals surface area contributed by atoms with Crippen molar-refractivity contribution in [1.29, 1.82) is 5.26 Å². The summed E-state index contributed by atoms with van der Waals surface area (Å²) in [5.74, 6) is 0. The molecule has 4 rings (SSSR count). The van der Waals surface area contributed by atoms with Gasteiger partial charge in [0.15, 0.2) is 10.7 Å². The van der Waals surface area contributed by atoms with Crippen molar-refractivity contribution in [2.24, 2.45) is 5.10 Å². The van der Waals surface area contributed by atoms with Crippen molar-refractivity contribution in [2.75, 3.05) is 23.4 Å². The SMILES string of the molecule is CCN(CC)c1ccc(N/N=C(/C#N)c2nc(-c3cc4ccccc4oc3=O)cs2)cc1. The fourth-order valence-electron chi connectivity index (χ4n) is 3.32. The van der Waals surface area contributed by atoms with Crippen molar-refractivity contribution in [2.45, 2.75) is 13.8 Å². The molecule has 0 aliphatic carbocycles. The van der Waals surface area contributed by atoms with Gasteiger partial charge in [-0.15, -0.1) is 11.3 Å². The van der Waals surface area contributed by atoms with Crippen LogP contribution < -0.4 is 16.0 Å². The number of rotatable bonds is 7. The number of hydrogen-bond donors (Lipinski definition) is 1. The van der Waals surface area contributed by atoms with E-state index in [2.05, 4.69) is 40.3 Å². The third-order valence-electron chi connectivity index (χ3n) is 5.02. The summed E-state index contributed by atoms with van der Waals surface area (Å²) in [5, 5.41) is 16.7. The van der Waals surface area contributed by atoms with E-state index in [-0.39, 0.29) is 5.71 Å². The van der Waals surface area contributed by atoms with E-state index in [0.29, 0.717) is 21.8 Å². The number of aromatic nitrogens is 1. The fraction of sp³-hybridized carbons (Fsp3) is 0.167. The van der Waals surface area contributed by atoms with Crippen LogP contribution in [-0.2, 0) is 0 Å². The number of fused-ring (bicyclic) bond motifs is 1. The number of nitrogens with one attached hydrogen (secondary N) is 1. The summed E-state index contributed by atoms with van der Waals surface area (Å²) in [6.07, 6.45) is 0. The van der Waals surface area contributed by atoms with E-state index < -0.39 is 5.63 Å². The lowest BCUT2D eigenvalue weighted by Gasteiger charge is -2.21. The van der Waals surface area contributed by atoms with E-state index in [1.54, 1.807) is 17.5 Å². The zero-order valence-electron chi connectivity index (χ0n) is 17.7. The molecule has 0 amide bonds. The molecular weight excluding hydrogens is 422 g/mol. The van der Waals surface area contributed by atoms with Crippen LogP contribution in [0, 0.1) is 11.3 Å². The largest absolute Gasteiger partial charge is 0.422 e. The van der Waals surface area contributed by atoms with Crippen molar-refractivity contribution >= 4 is 39.4 Å². The van der Waals surface area contributed by atoms with Gasteiger partial charge in [0.2, 0.25) is 0 Å². The topological polar surface area (TPSA) is 94.5 Å². The zero-order valence-corrected chi connectivity index (χ0v) is 18.5. The van der Waals surface area contributed by atoms with Gasteiger partial charge in [-0.2, -0.15) is 10.4 Å². The molecule has 0 radical (unpaired) electrons. The van der Waals surface area contributed by atoms with Crippen molar-refractivity contribution in [3.8, 4) is 17.3 Å². The van der Waals surface area contributed by atoms with Gasteiger partial charge in [-0.1, -0.05) is 18.2 Å². The number of nitrogens with zero attached hydrogens (tertiary/aromatic N) is 4. The second-order valence-electron chi connectivity index (χ2n) is 6.93. The highest BCUT2D eigenvalue weighted by Crippen LogP contribution is 2.23. The Labute approximate surface area is 189 Å². The maximum Gasteiger partial charge on any atom is 0.345 e. The molecule has 0 bridgehead atoms. The average molecular weight is 444 g/mol. The lowest BCUT2D eigenvalue weighted by atomic mass is 10.1. The number of nitriles is 1. The maximum absolute atomic E-state index is 12.4. The van der Waals surface area contributed by atoms with E-state index in [0.717, 1.165) is 29.9 Å². The maximum atomic E-state index is 12.4. The summed E-state index contributed by atoms with van der Waals surface area (Å²) in [5.41, 5.74) is 5.80. The third kappa shape index (κ3) is 4.38. The predicted octanol–water partition coefficient (Wildman–Crippen LogP) is 5.10. The molecular formula is C24H21N5O2S. The van der Waals surface area contributed by atoms with Gasteiger partial charge in [0, 0.05) is 29.5 Å². The Morgan fingerprint density at radius 2 is 1.94 bits per heavy atom. The molecule has 0 atom stereocenters. The summed E-state index contributed by atoms with van der Waals surface area (Å²) in [4.78, 5) is 19.1. The van der Waals surface area contributed by atoms with E-state index in [4.69, 9.17) is 4.42 Å². The second kappa shape index (κ2) is 9.45. The summed E-state index contributed by atoms with van der Waals surface area (Å²) < 4.78 is 5.39. The Morgan fingerprint density at radius 3 is 2.66 bits per heavy atom. The molecule has 0 saturated heterocycles. The van der Waals surface area contributed by atoms with E-state index in [9.17, 15) is 10.1 Å². The normalized spacial score (nSPS) is 11.3. The number of hydrogen-bond acceptors (Lipinski definition) is 8. The molecule has 4 aromatic rings. The van der Waals surface area contributed by atoms with Crippen molar-refractivity contribution < 1.29 is 4.42 Å². The lowest BCUT2D eigenvalue weighted by Crippen LogP contribution is -2.21. The van der Waals surface area contributed by atoms with E-state index >= 15 is 0 Å². The minimum atomic E-state index is -0.470. The molecule has 8 heteroatoms. The number of para-hydroxylation sites is 1. The Bertz CT molecular complexity index is 1360. The summed E-state index contributed by atoms with van der Waals surface area (Å²) in [7, 11) is 0. The average Bonchev–Trinajstić information content (AvgIpc) is 3.30. The van der Waals surface area contributed by atoms with Crippen molar-refractivity contribution in [1.82, 2.24) is 4.98 Å². The van der Waals surface area contributed by atoms with Gasteiger partial charge in [0.25, 0.3) is 0 Å². The highest BCUT2D eigenvalue weighted by molar-refractivity contribution is 7.12. The van der Waals surface area contributed by atoms with Gasteiger partial charge in [0.1, 0.15) is 11.7 Å².